The van der Waals surface area contributed by atoms with Crippen LogP contribution in [0.15, 0.2) is 41.0 Å². The summed E-state index contributed by atoms with van der Waals surface area (Å²) in [6, 6.07) is 8.24. The van der Waals surface area contributed by atoms with Crippen LogP contribution in [0.1, 0.15) is 22.9 Å². The van der Waals surface area contributed by atoms with E-state index >= 15 is 0 Å². The molecule has 4 heteroatoms. The normalized spacial score (nSPS) is 12.7. The van der Waals surface area contributed by atoms with Crippen molar-refractivity contribution in [2.24, 2.45) is 5.84 Å². The predicted molar refractivity (Wildman–Crippen MR) is 59.0 cm³/mol. The maximum Gasteiger partial charge on any atom is 0.126 e. The lowest BCUT2D eigenvalue weighted by Gasteiger charge is -2.14. The molecule has 16 heavy (non-hydrogen) atoms. The maximum absolute atomic E-state index is 13.4. The van der Waals surface area contributed by atoms with Crippen molar-refractivity contribution in [3.05, 3.63) is 59.3 Å². The lowest BCUT2D eigenvalue weighted by Crippen LogP contribution is -2.28. The SMILES string of the molecule is Cc1ccc(C(NN)c2ccco2)cc1F. The van der Waals surface area contributed by atoms with Crippen molar-refractivity contribution in [1.82, 2.24) is 5.43 Å². The third-order valence-electron chi connectivity index (χ3n) is 2.52. The van der Waals surface area contributed by atoms with Crippen LogP contribution in [0.3, 0.4) is 0 Å². The Balaban J connectivity index is 2.37. The van der Waals surface area contributed by atoms with Crippen molar-refractivity contribution in [1.29, 1.82) is 0 Å². The molecule has 0 amide bonds. The number of hydrogen-bond acceptors (Lipinski definition) is 3. The van der Waals surface area contributed by atoms with E-state index in [1.807, 2.05) is 6.07 Å². The van der Waals surface area contributed by atoms with Gasteiger partial charge in [0.2, 0.25) is 0 Å². The number of furan rings is 1. The standard InChI is InChI=1S/C12H13FN2O/c1-8-4-5-9(7-10(8)13)12(15-14)11-3-2-6-16-11/h2-7,12,15H,14H2,1H3. The van der Waals surface area contributed by atoms with Gasteiger partial charge in [0.1, 0.15) is 17.6 Å². The van der Waals surface area contributed by atoms with Gasteiger partial charge in [-0.2, -0.15) is 0 Å². The van der Waals surface area contributed by atoms with Gasteiger partial charge in [-0.05, 0) is 36.2 Å². The third kappa shape index (κ3) is 1.98. The Morgan fingerprint density at radius 1 is 1.38 bits per heavy atom. The van der Waals surface area contributed by atoms with Crippen molar-refractivity contribution in [2.75, 3.05) is 0 Å². The summed E-state index contributed by atoms with van der Waals surface area (Å²) in [6.07, 6.45) is 1.56. The number of benzene rings is 1. The fourth-order valence-electron chi connectivity index (χ4n) is 1.59. The second kappa shape index (κ2) is 4.47. The Hall–Kier alpha value is -1.65. The number of rotatable bonds is 3. The summed E-state index contributed by atoms with van der Waals surface area (Å²) >= 11 is 0. The fourth-order valence-corrected chi connectivity index (χ4v) is 1.59. The van der Waals surface area contributed by atoms with E-state index in [9.17, 15) is 4.39 Å². The van der Waals surface area contributed by atoms with Crippen LogP contribution in [0.5, 0.6) is 0 Å². The maximum atomic E-state index is 13.4. The largest absolute Gasteiger partial charge is 0.467 e. The van der Waals surface area contributed by atoms with Gasteiger partial charge in [0, 0.05) is 0 Å². The highest BCUT2D eigenvalue weighted by Gasteiger charge is 2.15. The van der Waals surface area contributed by atoms with Crippen LogP contribution < -0.4 is 11.3 Å². The van der Waals surface area contributed by atoms with E-state index < -0.39 is 0 Å². The molecule has 2 rings (SSSR count). The quantitative estimate of drug-likeness (QED) is 0.616. The highest BCUT2D eigenvalue weighted by Crippen LogP contribution is 2.23. The van der Waals surface area contributed by atoms with E-state index in [1.165, 1.54) is 6.07 Å². The Morgan fingerprint density at radius 2 is 2.19 bits per heavy atom. The average Bonchev–Trinajstić information content (AvgIpc) is 2.78. The van der Waals surface area contributed by atoms with Crippen molar-refractivity contribution >= 4 is 0 Å². The van der Waals surface area contributed by atoms with Gasteiger partial charge in [0.25, 0.3) is 0 Å². The van der Waals surface area contributed by atoms with E-state index in [0.29, 0.717) is 11.3 Å². The van der Waals surface area contributed by atoms with Gasteiger partial charge in [-0.1, -0.05) is 12.1 Å². The van der Waals surface area contributed by atoms with E-state index in [0.717, 1.165) is 5.56 Å². The zero-order valence-electron chi connectivity index (χ0n) is 8.91. The van der Waals surface area contributed by atoms with Crippen LogP contribution >= 0.6 is 0 Å². The summed E-state index contributed by atoms with van der Waals surface area (Å²) in [5.74, 6) is 5.86. The first kappa shape index (κ1) is 10.9. The fraction of sp³-hybridized carbons (Fsp3) is 0.167. The molecule has 0 saturated heterocycles. The highest BCUT2D eigenvalue weighted by molar-refractivity contribution is 5.30. The number of halogens is 1. The molecule has 0 aliphatic rings. The average molecular weight is 220 g/mol. The second-order valence-electron chi connectivity index (χ2n) is 3.62. The predicted octanol–water partition coefficient (Wildman–Crippen LogP) is 2.28. The zero-order chi connectivity index (χ0) is 11.5. The number of nitrogens with one attached hydrogen (secondary N) is 1. The zero-order valence-corrected chi connectivity index (χ0v) is 8.91. The highest BCUT2D eigenvalue weighted by atomic mass is 19.1. The summed E-state index contributed by atoms with van der Waals surface area (Å²) < 4.78 is 18.7. The van der Waals surface area contributed by atoms with Crippen LogP contribution in [0.2, 0.25) is 0 Å². The molecule has 1 aromatic carbocycles. The van der Waals surface area contributed by atoms with Gasteiger partial charge in [-0.25, -0.2) is 9.82 Å². The molecule has 1 unspecified atom stereocenters. The first-order valence-electron chi connectivity index (χ1n) is 4.98. The summed E-state index contributed by atoms with van der Waals surface area (Å²) in [7, 11) is 0. The van der Waals surface area contributed by atoms with Crippen molar-refractivity contribution in [3.63, 3.8) is 0 Å². The molecular formula is C12H13FN2O. The van der Waals surface area contributed by atoms with Crippen LogP contribution in [-0.4, -0.2) is 0 Å². The summed E-state index contributed by atoms with van der Waals surface area (Å²) in [5.41, 5.74) is 3.95. The van der Waals surface area contributed by atoms with Crippen molar-refractivity contribution in [3.8, 4) is 0 Å². The van der Waals surface area contributed by atoms with E-state index in [-0.39, 0.29) is 11.9 Å². The van der Waals surface area contributed by atoms with Gasteiger partial charge < -0.3 is 4.42 Å². The van der Waals surface area contributed by atoms with Crippen LogP contribution in [0, 0.1) is 12.7 Å². The number of hydrazine groups is 1. The van der Waals surface area contributed by atoms with Crippen molar-refractivity contribution in [2.45, 2.75) is 13.0 Å². The molecule has 0 bridgehead atoms. The number of nitrogens with two attached hydrogens (primary N) is 1. The van der Waals surface area contributed by atoms with Gasteiger partial charge in [0.15, 0.2) is 0 Å². The molecule has 3 N–H and O–H groups in total. The molecule has 2 aromatic rings. The summed E-state index contributed by atoms with van der Waals surface area (Å²) in [4.78, 5) is 0. The molecule has 0 saturated carbocycles. The minimum atomic E-state index is -0.329. The first-order chi connectivity index (χ1) is 7.72. The molecule has 0 radical (unpaired) electrons. The van der Waals surface area contributed by atoms with Gasteiger partial charge >= 0.3 is 0 Å². The number of hydrogen-bond donors (Lipinski definition) is 2. The molecule has 1 atom stereocenters. The Kier molecular flexibility index (Phi) is 3.03. The molecular weight excluding hydrogens is 207 g/mol. The molecule has 1 aromatic heterocycles. The lowest BCUT2D eigenvalue weighted by molar-refractivity contribution is 0.451. The van der Waals surface area contributed by atoms with Crippen LogP contribution in [-0.2, 0) is 0 Å². The number of aryl methyl sites for hydroxylation is 1. The summed E-state index contributed by atoms with van der Waals surface area (Å²) in [5, 5.41) is 0. The van der Waals surface area contributed by atoms with E-state index in [1.54, 1.807) is 31.4 Å². The molecule has 84 valence electrons. The van der Waals surface area contributed by atoms with Gasteiger partial charge in [-0.3, -0.25) is 5.84 Å². The lowest BCUT2D eigenvalue weighted by atomic mass is 10.0. The molecule has 0 aliphatic carbocycles. The Bertz CT molecular complexity index is 468. The summed E-state index contributed by atoms with van der Waals surface area (Å²) in [6.45, 7) is 1.72. The van der Waals surface area contributed by atoms with E-state index in [4.69, 9.17) is 10.3 Å². The van der Waals surface area contributed by atoms with Crippen LogP contribution in [0.25, 0.3) is 0 Å². The molecule has 0 aliphatic heterocycles. The second-order valence-corrected chi connectivity index (χ2v) is 3.62. The molecule has 1 heterocycles. The monoisotopic (exact) mass is 220 g/mol. The molecule has 3 nitrogen and oxygen atoms in total. The Morgan fingerprint density at radius 3 is 2.75 bits per heavy atom. The smallest absolute Gasteiger partial charge is 0.126 e. The van der Waals surface area contributed by atoms with E-state index in [2.05, 4.69) is 5.43 Å². The van der Waals surface area contributed by atoms with Gasteiger partial charge in [0.05, 0.1) is 6.26 Å². The molecule has 0 spiro atoms. The minimum Gasteiger partial charge on any atom is -0.467 e. The minimum absolute atomic E-state index is 0.246. The van der Waals surface area contributed by atoms with Gasteiger partial charge in [-0.15, -0.1) is 0 Å². The molecule has 0 fully saturated rings. The first-order valence-corrected chi connectivity index (χ1v) is 4.98. The van der Waals surface area contributed by atoms with Crippen molar-refractivity contribution < 1.29 is 8.81 Å². The third-order valence-corrected chi connectivity index (χ3v) is 2.52. The Labute approximate surface area is 93.0 Å². The topological polar surface area (TPSA) is 51.2 Å². The van der Waals surface area contributed by atoms with Crippen LogP contribution in [0.4, 0.5) is 4.39 Å².